The molecule has 2 atom stereocenters. The van der Waals surface area contributed by atoms with Crippen LogP contribution in [0.4, 0.5) is 0 Å². The average molecular weight is 189 g/mol. The lowest BCUT2D eigenvalue weighted by Crippen LogP contribution is -1.87. The molecule has 0 aromatic carbocycles. The molecule has 3 heteroatoms. The van der Waals surface area contributed by atoms with Crippen LogP contribution >= 0.6 is 22.9 Å². The first-order valence-electron chi connectivity index (χ1n) is 3.66. The Morgan fingerprint density at radius 3 is 3.18 bits per heavy atom. The Bertz CT molecular complexity index is 222. The molecule has 0 saturated carbocycles. The first-order valence-corrected chi connectivity index (χ1v) is 5.08. The van der Waals surface area contributed by atoms with Gasteiger partial charge in [0.05, 0.1) is 6.10 Å². The van der Waals surface area contributed by atoms with Crippen LogP contribution in [0, 0.1) is 0 Å². The second kappa shape index (κ2) is 3.13. The van der Waals surface area contributed by atoms with Gasteiger partial charge in [0, 0.05) is 10.8 Å². The van der Waals surface area contributed by atoms with Crippen LogP contribution in [0.15, 0.2) is 17.5 Å². The minimum absolute atomic E-state index is 0.355. The molecule has 1 aromatic rings. The summed E-state index contributed by atoms with van der Waals surface area (Å²) in [5.41, 5.74) is 0. The van der Waals surface area contributed by atoms with E-state index in [1.165, 1.54) is 4.88 Å². The van der Waals surface area contributed by atoms with Gasteiger partial charge in [0.1, 0.15) is 6.10 Å². The largest absolute Gasteiger partial charge is 0.364 e. The first kappa shape index (κ1) is 7.59. The van der Waals surface area contributed by atoms with Gasteiger partial charge in [-0.15, -0.1) is 22.9 Å². The Kier molecular flexibility index (Phi) is 2.16. The maximum absolute atomic E-state index is 5.59. The first-order chi connectivity index (χ1) is 5.42. The van der Waals surface area contributed by atoms with E-state index in [0.29, 0.717) is 18.1 Å². The number of thiophene rings is 1. The molecule has 1 aliphatic heterocycles. The number of ether oxygens (including phenoxy) is 1. The van der Waals surface area contributed by atoms with Crippen molar-refractivity contribution in [2.45, 2.75) is 18.6 Å². The Hall–Kier alpha value is -0.0500. The molecule has 60 valence electrons. The standard InChI is InChI=1S/C8H9ClOS/c9-4-3-6-8(10-6)7-2-1-5-11-7/h1-2,5-6,8H,3-4H2. The zero-order valence-electron chi connectivity index (χ0n) is 6.00. The van der Waals surface area contributed by atoms with Crippen LogP contribution in [0.25, 0.3) is 0 Å². The second-order valence-corrected chi connectivity index (χ2v) is 3.95. The highest BCUT2D eigenvalue weighted by atomic mass is 35.5. The van der Waals surface area contributed by atoms with E-state index in [2.05, 4.69) is 17.5 Å². The van der Waals surface area contributed by atoms with Crippen molar-refractivity contribution in [1.82, 2.24) is 0 Å². The van der Waals surface area contributed by atoms with Crippen molar-refractivity contribution in [3.8, 4) is 0 Å². The molecule has 1 nitrogen and oxygen atoms in total. The van der Waals surface area contributed by atoms with E-state index < -0.39 is 0 Å². The second-order valence-electron chi connectivity index (χ2n) is 2.59. The predicted molar refractivity (Wildman–Crippen MR) is 47.3 cm³/mol. The summed E-state index contributed by atoms with van der Waals surface area (Å²) >= 11 is 7.34. The van der Waals surface area contributed by atoms with Crippen LogP contribution in [0.5, 0.6) is 0 Å². The van der Waals surface area contributed by atoms with Gasteiger partial charge < -0.3 is 4.74 Å². The van der Waals surface area contributed by atoms with Crippen molar-refractivity contribution in [3.05, 3.63) is 22.4 Å². The maximum atomic E-state index is 5.59. The zero-order chi connectivity index (χ0) is 7.68. The van der Waals surface area contributed by atoms with Gasteiger partial charge in [-0.25, -0.2) is 0 Å². The van der Waals surface area contributed by atoms with Crippen LogP contribution in [-0.4, -0.2) is 12.0 Å². The summed E-state index contributed by atoms with van der Waals surface area (Å²) in [6.07, 6.45) is 1.73. The number of hydrogen-bond donors (Lipinski definition) is 0. The molecule has 0 radical (unpaired) electrons. The summed E-state index contributed by atoms with van der Waals surface area (Å²) in [6, 6.07) is 4.17. The summed E-state index contributed by atoms with van der Waals surface area (Å²) in [6.45, 7) is 0. The Labute approximate surface area is 74.9 Å². The number of epoxide rings is 1. The molecular weight excluding hydrogens is 180 g/mol. The molecule has 0 bridgehead atoms. The van der Waals surface area contributed by atoms with Gasteiger partial charge in [-0.3, -0.25) is 0 Å². The summed E-state index contributed by atoms with van der Waals surface area (Å²) in [5.74, 6) is 0.701. The molecule has 0 N–H and O–H groups in total. The molecule has 1 aliphatic rings. The van der Waals surface area contributed by atoms with Crippen molar-refractivity contribution >= 4 is 22.9 Å². The third-order valence-corrected chi connectivity index (χ3v) is 2.95. The zero-order valence-corrected chi connectivity index (χ0v) is 7.57. The fourth-order valence-corrected chi connectivity index (χ4v) is 2.20. The summed E-state index contributed by atoms with van der Waals surface area (Å²) in [7, 11) is 0. The highest BCUT2D eigenvalue weighted by Crippen LogP contribution is 2.42. The van der Waals surface area contributed by atoms with Crippen LogP contribution in [0.3, 0.4) is 0 Å². The lowest BCUT2D eigenvalue weighted by molar-refractivity contribution is 0.372. The topological polar surface area (TPSA) is 12.5 Å². The molecule has 2 rings (SSSR count). The summed E-state index contributed by atoms with van der Waals surface area (Å²) < 4.78 is 5.43. The highest BCUT2D eigenvalue weighted by Gasteiger charge is 2.39. The van der Waals surface area contributed by atoms with E-state index in [0.717, 1.165) is 6.42 Å². The maximum Gasteiger partial charge on any atom is 0.118 e. The molecule has 1 saturated heterocycles. The summed E-state index contributed by atoms with van der Waals surface area (Å²) in [5, 5.41) is 2.08. The van der Waals surface area contributed by atoms with Gasteiger partial charge in [0.15, 0.2) is 0 Å². The lowest BCUT2D eigenvalue weighted by atomic mass is 10.2. The number of alkyl halides is 1. The molecule has 11 heavy (non-hydrogen) atoms. The Morgan fingerprint density at radius 1 is 1.64 bits per heavy atom. The fourth-order valence-electron chi connectivity index (χ4n) is 1.17. The molecular formula is C8H9ClOS. The fraction of sp³-hybridized carbons (Fsp3) is 0.500. The van der Waals surface area contributed by atoms with Crippen molar-refractivity contribution in [1.29, 1.82) is 0 Å². The van der Waals surface area contributed by atoms with Crippen LogP contribution in [0.2, 0.25) is 0 Å². The average Bonchev–Trinajstić information content (AvgIpc) is 2.61. The van der Waals surface area contributed by atoms with Crippen LogP contribution in [0.1, 0.15) is 17.4 Å². The van der Waals surface area contributed by atoms with E-state index in [4.69, 9.17) is 16.3 Å². The minimum atomic E-state index is 0.355. The van der Waals surface area contributed by atoms with E-state index in [-0.39, 0.29) is 0 Å². The molecule has 2 heterocycles. The minimum Gasteiger partial charge on any atom is -0.364 e. The Morgan fingerprint density at radius 2 is 2.55 bits per heavy atom. The third kappa shape index (κ3) is 1.58. The SMILES string of the molecule is ClCCC1OC1c1cccs1. The number of hydrogen-bond acceptors (Lipinski definition) is 2. The van der Waals surface area contributed by atoms with Gasteiger partial charge in [-0.2, -0.15) is 0 Å². The van der Waals surface area contributed by atoms with Gasteiger partial charge in [-0.1, -0.05) is 6.07 Å². The van der Waals surface area contributed by atoms with Gasteiger partial charge >= 0.3 is 0 Å². The quantitative estimate of drug-likeness (QED) is 0.525. The highest BCUT2D eigenvalue weighted by molar-refractivity contribution is 7.10. The van der Waals surface area contributed by atoms with E-state index in [1.807, 2.05) is 0 Å². The van der Waals surface area contributed by atoms with Crippen LogP contribution < -0.4 is 0 Å². The van der Waals surface area contributed by atoms with Gasteiger partial charge in [0.2, 0.25) is 0 Å². The molecule has 0 spiro atoms. The van der Waals surface area contributed by atoms with Gasteiger partial charge in [0.25, 0.3) is 0 Å². The molecule has 0 aliphatic carbocycles. The third-order valence-electron chi connectivity index (χ3n) is 1.80. The summed E-state index contributed by atoms with van der Waals surface area (Å²) in [4.78, 5) is 1.33. The monoisotopic (exact) mass is 188 g/mol. The Balaban J connectivity index is 1.92. The number of rotatable bonds is 3. The molecule has 2 unspecified atom stereocenters. The molecule has 0 amide bonds. The normalized spacial score (nSPS) is 28.8. The van der Waals surface area contributed by atoms with Crippen molar-refractivity contribution in [2.24, 2.45) is 0 Å². The lowest BCUT2D eigenvalue weighted by Gasteiger charge is -1.86. The van der Waals surface area contributed by atoms with Crippen molar-refractivity contribution in [2.75, 3.05) is 5.88 Å². The van der Waals surface area contributed by atoms with E-state index >= 15 is 0 Å². The van der Waals surface area contributed by atoms with Gasteiger partial charge in [-0.05, 0) is 17.9 Å². The van der Waals surface area contributed by atoms with E-state index in [1.54, 1.807) is 11.3 Å². The molecule has 1 fully saturated rings. The van der Waals surface area contributed by atoms with Crippen molar-refractivity contribution < 1.29 is 4.74 Å². The molecule has 1 aromatic heterocycles. The van der Waals surface area contributed by atoms with E-state index in [9.17, 15) is 0 Å². The van der Waals surface area contributed by atoms with Crippen molar-refractivity contribution in [3.63, 3.8) is 0 Å². The smallest absolute Gasteiger partial charge is 0.118 e. The predicted octanol–water partition coefficient (Wildman–Crippen LogP) is 2.82. The number of halogens is 1. The van der Waals surface area contributed by atoms with Crippen LogP contribution in [-0.2, 0) is 4.74 Å².